The molecule has 2 aliphatic heterocycles. The predicted octanol–water partition coefficient (Wildman–Crippen LogP) is 2.52. The minimum absolute atomic E-state index is 0.0151. The second kappa shape index (κ2) is 6.96. The summed E-state index contributed by atoms with van der Waals surface area (Å²) in [4.78, 5) is 39.0. The number of hydrogen-bond acceptors (Lipinski definition) is 5. The molecule has 0 spiro atoms. The molecule has 4 rings (SSSR count). The van der Waals surface area contributed by atoms with Crippen LogP contribution in [0.2, 0.25) is 0 Å². The first-order valence-corrected chi connectivity index (χ1v) is 9.53. The summed E-state index contributed by atoms with van der Waals surface area (Å²) < 4.78 is 0. The van der Waals surface area contributed by atoms with Crippen LogP contribution in [0.4, 0.5) is 22.7 Å². The lowest BCUT2D eigenvalue weighted by molar-refractivity contribution is -0.122. The first-order valence-electron chi connectivity index (χ1n) is 8.55. The average molecular weight is 382 g/mol. The van der Waals surface area contributed by atoms with Crippen molar-refractivity contribution in [3.63, 3.8) is 0 Å². The zero-order valence-corrected chi connectivity index (χ0v) is 15.4. The first-order chi connectivity index (χ1) is 13.0. The lowest BCUT2D eigenvalue weighted by atomic mass is 10.1. The molecule has 2 aliphatic rings. The maximum absolute atomic E-state index is 13.0. The molecular weight excluding hydrogens is 364 g/mol. The number of anilines is 4. The molecule has 0 saturated heterocycles. The van der Waals surface area contributed by atoms with Crippen molar-refractivity contribution in [1.29, 1.82) is 0 Å². The van der Waals surface area contributed by atoms with E-state index in [1.54, 1.807) is 13.0 Å². The summed E-state index contributed by atoms with van der Waals surface area (Å²) in [5.74, 6) is -0.0497. The van der Waals surface area contributed by atoms with Gasteiger partial charge in [-0.2, -0.15) is 0 Å². The molecule has 27 heavy (non-hydrogen) atoms. The third-order valence-electron chi connectivity index (χ3n) is 4.40. The summed E-state index contributed by atoms with van der Waals surface area (Å²) in [6.07, 6.45) is 0. The van der Waals surface area contributed by atoms with Gasteiger partial charge in [-0.25, -0.2) is 0 Å². The van der Waals surface area contributed by atoms with Crippen molar-refractivity contribution in [3.8, 4) is 0 Å². The Morgan fingerprint density at radius 3 is 2.74 bits per heavy atom. The number of rotatable bonds is 3. The van der Waals surface area contributed by atoms with E-state index in [9.17, 15) is 14.4 Å². The van der Waals surface area contributed by atoms with Gasteiger partial charge in [0.15, 0.2) is 0 Å². The van der Waals surface area contributed by atoms with Gasteiger partial charge < -0.3 is 16.0 Å². The average Bonchev–Trinajstić information content (AvgIpc) is 2.66. The number of nitrogens with one attached hydrogen (secondary N) is 3. The summed E-state index contributed by atoms with van der Waals surface area (Å²) in [6.45, 7) is 1.74. The fourth-order valence-corrected chi connectivity index (χ4v) is 3.94. The van der Waals surface area contributed by atoms with Crippen LogP contribution in [-0.4, -0.2) is 36.1 Å². The van der Waals surface area contributed by atoms with Gasteiger partial charge in [0.2, 0.25) is 17.7 Å². The number of fused-ring (bicyclic) bond motifs is 2. The maximum atomic E-state index is 13.0. The quantitative estimate of drug-likeness (QED) is 0.759. The van der Waals surface area contributed by atoms with Crippen molar-refractivity contribution in [3.05, 3.63) is 42.5 Å². The van der Waals surface area contributed by atoms with Crippen LogP contribution >= 0.6 is 11.8 Å². The van der Waals surface area contributed by atoms with Gasteiger partial charge in [0, 0.05) is 10.6 Å². The number of hydrogen-bond donors (Lipinski definition) is 3. The summed E-state index contributed by atoms with van der Waals surface area (Å²) >= 11 is 1.49. The zero-order chi connectivity index (χ0) is 19.0. The van der Waals surface area contributed by atoms with E-state index in [0.29, 0.717) is 17.1 Å². The van der Waals surface area contributed by atoms with Crippen molar-refractivity contribution in [2.75, 3.05) is 33.1 Å². The van der Waals surface area contributed by atoms with E-state index < -0.39 is 6.04 Å². The molecule has 0 unspecified atom stereocenters. The molecule has 138 valence electrons. The third kappa shape index (κ3) is 3.48. The molecule has 2 aromatic rings. The van der Waals surface area contributed by atoms with E-state index in [2.05, 4.69) is 16.0 Å². The molecule has 0 radical (unpaired) electrons. The first kappa shape index (κ1) is 17.4. The van der Waals surface area contributed by atoms with Crippen LogP contribution in [0.3, 0.4) is 0 Å². The van der Waals surface area contributed by atoms with E-state index in [1.165, 1.54) is 16.7 Å². The van der Waals surface area contributed by atoms with Gasteiger partial charge in [-0.3, -0.25) is 19.3 Å². The zero-order valence-electron chi connectivity index (χ0n) is 14.6. The summed E-state index contributed by atoms with van der Waals surface area (Å²) in [6, 6.07) is 12.3. The second-order valence-electron chi connectivity index (χ2n) is 6.40. The van der Waals surface area contributed by atoms with Crippen LogP contribution in [0.1, 0.15) is 6.92 Å². The highest BCUT2D eigenvalue weighted by Crippen LogP contribution is 2.34. The van der Waals surface area contributed by atoms with E-state index >= 15 is 0 Å². The number of carbonyl (C=O) groups is 3. The largest absolute Gasteiger partial charge is 0.374 e. The fraction of sp³-hybridized carbons (Fsp3) is 0.211. The van der Waals surface area contributed by atoms with Gasteiger partial charge in [-0.15, -0.1) is 11.8 Å². The van der Waals surface area contributed by atoms with Gasteiger partial charge in [0.25, 0.3) is 0 Å². The van der Waals surface area contributed by atoms with Crippen LogP contribution in [0, 0.1) is 0 Å². The summed E-state index contributed by atoms with van der Waals surface area (Å²) in [5.41, 5.74) is 2.78. The molecule has 0 bridgehead atoms. The Balaban J connectivity index is 1.53. The molecule has 2 aromatic carbocycles. The highest BCUT2D eigenvalue weighted by molar-refractivity contribution is 8.00. The second-order valence-corrected chi connectivity index (χ2v) is 7.42. The Labute approximate surface area is 160 Å². The standard InChI is InChI=1S/C19H18N4O3S/c1-11(20-12-6-7-16-14(8-12)22-18(25)10-27-16)19(26)23-9-17(24)21-13-4-2-3-5-15(13)23/h2-8,11,20H,9-10H2,1H3,(H,21,24)(H,22,25)/t11-/m0/s1. The Morgan fingerprint density at radius 1 is 1.11 bits per heavy atom. The molecule has 0 saturated carbocycles. The Bertz CT molecular complexity index is 946. The molecule has 0 fully saturated rings. The minimum Gasteiger partial charge on any atom is -0.374 e. The van der Waals surface area contributed by atoms with Crippen molar-refractivity contribution in [1.82, 2.24) is 0 Å². The molecule has 7 nitrogen and oxygen atoms in total. The lowest BCUT2D eigenvalue weighted by Gasteiger charge is -2.31. The number of benzene rings is 2. The van der Waals surface area contributed by atoms with E-state index in [-0.39, 0.29) is 24.3 Å². The smallest absolute Gasteiger partial charge is 0.249 e. The third-order valence-corrected chi connectivity index (χ3v) is 5.48. The number of amides is 3. The van der Waals surface area contributed by atoms with Crippen molar-refractivity contribution in [2.24, 2.45) is 0 Å². The monoisotopic (exact) mass is 382 g/mol. The van der Waals surface area contributed by atoms with E-state index in [1.807, 2.05) is 36.4 Å². The highest BCUT2D eigenvalue weighted by atomic mass is 32.2. The molecule has 0 aliphatic carbocycles. The van der Waals surface area contributed by atoms with Gasteiger partial charge >= 0.3 is 0 Å². The Hall–Kier alpha value is -3.00. The molecule has 1 atom stereocenters. The Kier molecular flexibility index (Phi) is 4.49. The maximum Gasteiger partial charge on any atom is 0.249 e. The van der Waals surface area contributed by atoms with Crippen LogP contribution < -0.4 is 20.9 Å². The predicted molar refractivity (Wildman–Crippen MR) is 106 cm³/mol. The van der Waals surface area contributed by atoms with Gasteiger partial charge in [-0.1, -0.05) is 12.1 Å². The van der Waals surface area contributed by atoms with Crippen LogP contribution in [0.5, 0.6) is 0 Å². The highest BCUT2D eigenvalue weighted by Gasteiger charge is 2.29. The molecule has 8 heteroatoms. The van der Waals surface area contributed by atoms with Crippen LogP contribution in [0.15, 0.2) is 47.4 Å². The molecule has 2 heterocycles. The number of carbonyl (C=O) groups excluding carboxylic acids is 3. The fourth-order valence-electron chi connectivity index (χ4n) is 3.15. The van der Waals surface area contributed by atoms with Crippen molar-refractivity contribution < 1.29 is 14.4 Å². The molecule has 3 N–H and O–H groups in total. The van der Waals surface area contributed by atoms with Crippen molar-refractivity contribution >= 4 is 52.2 Å². The molecule has 0 aromatic heterocycles. The minimum atomic E-state index is -0.547. The number of thioether (sulfide) groups is 1. The normalized spacial score (nSPS) is 16.6. The molecular formula is C19H18N4O3S. The van der Waals surface area contributed by atoms with E-state index in [4.69, 9.17) is 0 Å². The van der Waals surface area contributed by atoms with Crippen LogP contribution in [-0.2, 0) is 14.4 Å². The SMILES string of the molecule is C[C@H](Nc1ccc2c(c1)NC(=O)CS2)C(=O)N1CC(=O)Nc2ccccc21. The van der Waals surface area contributed by atoms with Crippen LogP contribution in [0.25, 0.3) is 0 Å². The number of para-hydroxylation sites is 2. The summed E-state index contributed by atoms with van der Waals surface area (Å²) in [7, 11) is 0. The molecule has 3 amide bonds. The van der Waals surface area contributed by atoms with E-state index in [0.717, 1.165) is 16.3 Å². The van der Waals surface area contributed by atoms with Gasteiger partial charge in [0.05, 0.1) is 22.8 Å². The van der Waals surface area contributed by atoms with Gasteiger partial charge in [-0.05, 0) is 37.3 Å². The Morgan fingerprint density at radius 2 is 1.89 bits per heavy atom. The van der Waals surface area contributed by atoms with Crippen molar-refractivity contribution in [2.45, 2.75) is 17.9 Å². The van der Waals surface area contributed by atoms with Gasteiger partial charge in [0.1, 0.15) is 12.6 Å². The topological polar surface area (TPSA) is 90.5 Å². The lowest BCUT2D eigenvalue weighted by Crippen LogP contribution is -2.47. The number of nitrogens with zero attached hydrogens (tertiary/aromatic N) is 1. The summed E-state index contributed by atoms with van der Waals surface area (Å²) in [5, 5.41) is 8.78.